The fourth-order valence-electron chi connectivity index (χ4n) is 5.06. The van der Waals surface area contributed by atoms with Gasteiger partial charge in [0.05, 0.1) is 10.0 Å². The van der Waals surface area contributed by atoms with Gasteiger partial charge in [-0.15, -0.1) is 0 Å². The van der Waals surface area contributed by atoms with Crippen molar-refractivity contribution in [1.82, 2.24) is 0 Å². The third kappa shape index (κ3) is 23.2. The first-order valence-corrected chi connectivity index (χ1v) is 24.6. The molecule has 0 aliphatic carbocycles. The average Bonchev–Trinajstić information content (AvgIpc) is 3.24. The lowest BCUT2D eigenvalue weighted by Crippen LogP contribution is -1.79. The molecule has 0 heterocycles. The van der Waals surface area contributed by atoms with Crippen LogP contribution in [0.15, 0.2) is 109 Å². The van der Waals surface area contributed by atoms with E-state index in [1.807, 2.05) is 156 Å². The summed E-state index contributed by atoms with van der Waals surface area (Å²) in [4.78, 5) is 0. The summed E-state index contributed by atoms with van der Waals surface area (Å²) in [5.41, 5.74) is 15.6. The molecule has 0 aromatic heterocycles. The van der Waals surface area contributed by atoms with E-state index in [4.69, 9.17) is 116 Å². The van der Waals surface area contributed by atoms with Crippen molar-refractivity contribution in [3.63, 3.8) is 0 Å². The summed E-state index contributed by atoms with van der Waals surface area (Å²) in [6.45, 7) is 27.8. The molecular weight excluding hydrogens is 1030 g/mol. The third-order valence-corrected chi connectivity index (χ3v) is 13.9. The van der Waals surface area contributed by atoms with E-state index in [1.165, 1.54) is 22.3 Å². The molecule has 0 bridgehead atoms. The molecule has 10 heteroatoms. The van der Waals surface area contributed by atoms with Gasteiger partial charge in [0.15, 0.2) is 0 Å². The van der Waals surface area contributed by atoms with Gasteiger partial charge in [-0.2, -0.15) is 0 Å². The van der Waals surface area contributed by atoms with Crippen LogP contribution in [0.1, 0.15) is 77.9 Å². The molecule has 0 unspecified atom stereocenters. The zero-order valence-electron chi connectivity index (χ0n) is 40.2. The highest BCUT2D eigenvalue weighted by atomic mass is 35.5. The molecule has 0 fully saturated rings. The molecule has 0 nitrogen and oxygen atoms in total. The Morgan fingerprint density at radius 3 is 0.652 bits per heavy atom. The van der Waals surface area contributed by atoms with Gasteiger partial charge >= 0.3 is 0 Å². The molecule has 0 aliphatic rings. The third-order valence-electron chi connectivity index (χ3n) is 9.63. The normalized spacial score (nSPS) is 9.82. The summed E-state index contributed by atoms with van der Waals surface area (Å²) in [6.07, 6.45) is 0. The van der Waals surface area contributed by atoms with Gasteiger partial charge in [0, 0.05) is 40.2 Å². The molecule has 0 amide bonds. The highest BCUT2D eigenvalue weighted by molar-refractivity contribution is 6.43. The summed E-state index contributed by atoms with van der Waals surface area (Å²) in [7, 11) is 0. The number of hydrogen-bond donors (Lipinski definition) is 0. The quantitative estimate of drug-likeness (QED) is 0.142. The van der Waals surface area contributed by atoms with E-state index in [2.05, 4.69) is 50.2 Å². The van der Waals surface area contributed by atoms with Crippen LogP contribution in [0.25, 0.3) is 0 Å². The minimum Gasteiger partial charge on any atom is -0.0840 e. The lowest BCUT2D eigenvalue weighted by Gasteiger charge is -2.01. The molecule has 0 spiro atoms. The minimum absolute atomic E-state index is 0.668. The summed E-state index contributed by atoms with van der Waals surface area (Å²) in [5, 5.41) is 7.57. The Bertz CT molecular complexity index is 2380. The number of benzene rings is 7. The first kappa shape index (κ1) is 61.5. The van der Waals surface area contributed by atoms with E-state index < -0.39 is 0 Å². The maximum atomic E-state index is 5.85. The lowest BCUT2D eigenvalue weighted by atomic mass is 10.2. The number of aryl methyl sites for hydroxylation is 12. The molecule has 7 aromatic carbocycles. The Kier molecular flexibility index (Phi) is 28.7. The maximum Gasteiger partial charge on any atom is 0.0624 e. The number of hydrogen-bond acceptors (Lipinski definition) is 0. The Labute approximate surface area is 446 Å². The van der Waals surface area contributed by atoms with Gasteiger partial charge in [0.1, 0.15) is 0 Å². The topological polar surface area (TPSA) is 0 Å². The van der Waals surface area contributed by atoms with Crippen LogP contribution in [0.5, 0.6) is 0 Å². The van der Waals surface area contributed by atoms with Crippen LogP contribution in [0.2, 0.25) is 50.2 Å². The van der Waals surface area contributed by atoms with Gasteiger partial charge in [-0.3, -0.25) is 0 Å². The average molecular weight is 1090 g/mol. The van der Waals surface area contributed by atoms with Gasteiger partial charge < -0.3 is 0 Å². The van der Waals surface area contributed by atoms with Gasteiger partial charge in [0.25, 0.3) is 0 Å². The summed E-state index contributed by atoms with van der Waals surface area (Å²) < 4.78 is 0. The zero-order chi connectivity index (χ0) is 50.6. The molecule has 66 heavy (non-hydrogen) atoms. The zero-order valence-corrected chi connectivity index (χ0v) is 47.7. The molecule has 0 aliphatic heterocycles. The summed E-state index contributed by atoms with van der Waals surface area (Å²) in [6, 6.07) is 35.9. The van der Waals surface area contributed by atoms with Gasteiger partial charge in [0.2, 0.25) is 0 Å². The van der Waals surface area contributed by atoms with Crippen LogP contribution in [-0.2, 0) is 0 Å². The number of halogens is 10. The van der Waals surface area contributed by atoms with Gasteiger partial charge in [-0.25, -0.2) is 0 Å². The van der Waals surface area contributed by atoms with Gasteiger partial charge in [-0.1, -0.05) is 188 Å². The lowest BCUT2D eigenvalue weighted by molar-refractivity contribution is 1.40. The van der Waals surface area contributed by atoms with Crippen LogP contribution < -0.4 is 0 Å². The van der Waals surface area contributed by atoms with E-state index in [-0.39, 0.29) is 0 Å². The predicted octanol–water partition coefficient (Wildman–Crippen LogP) is 22.7. The van der Waals surface area contributed by atoms with Gasteiger partial charge in [-0.05, 0) is 212 Å². The van der Waals surface area contributed by atoms with Crippen molar-refractivity contribution in [1.29, 1.82) is 0 Å². The van der Waals surface area contributed by atoms with E-state index >= 15 is 0 Å². The summed E-state index contributed by atoms with van der Waals surface area (Å²) in [5.74, 6) is 0. The van der Waals surface area contributed by atoms with E-state index in [9.17, 15) is 0 Å². The molecular formula is C56H60Cl10. The SMILES string of the molecule is Cc1cc(Cl)c(C)c(Cl)c1.Cc1cc(Cl)c(C)c(Cl)c1.Cc1cc(Cl)c(C)cc1Cl.Cc1ccc(C)c(Cl)c1.Cc1ccc(C)c(Cl)c1.Cc1ccc(C)c(Cl)c1Cl.Cc1ccc(C)cc1. The first-order valence-electron chi connectivity index (χ1n) is 20.8. The molecule has 0 saturated heterocycles. The smallest absolute Gasteiger partial charge is 0.0624 e. The minimum atomic E-state index is 0.668. The maximum absolute atomic E-state index is 5.85. The van der Waals surface area contributed by atoms with Crippen molar-refractivity contribution in [2.75, 3.05) is 0 Å². The van der Waals surface area contributed by atoms with Crippen LogP contribution in [0.4, 0.5) is 0 Å². The molecule has 0 N–H and O–H groups in total. The molecule has 7 aromatic rings. The molecule has 0 saturated carbocycles. The fourth-order valence-corrected chi connectivity index (χ4v) is 7.59. The molecule has 0 radical (unpaired) electrons. The Balaban J connectivity index is 0.000000385. The van der Waals surface area contributed by atoms with Crippen LogP contribution in [0, 0.1) is 96.9 Å². The Morgan fingerprint density at radius 2 is 0.409 bits per heavy atom. The molecule has 7 rings (SSSR count). The van der Waals surface area contributed by atoms with Crippen LogP contribution in [-0.4, -0.2) is 0 Å². The van der Waals surface area contributed by atoms with Crippen molar-refractivity contribution >= 4 is 116 Å². The van der Waals surface area contributed by atoms with Crippen molar-refractivity contribution < 1.29 is 0 Å². The molecule has 354 valence electrons. The van der Waals surface area contributed by atoms with E-state index in [1.54, 1.807) is 0 Å². The second-order valence-electron chi connectivity index (χ2n) is 16.0. The Hall–Kier alpha value is -2.56. The predicted molar refractivity (Wildman–Crippen MR) is 302 cm³/mol. The second-order valence-corrected chi connectivity index (χ2v) is 20.1. The standard InChI is InChI=1S/4C8H8Cl2.2C8H9Cl.C8H10/c1-5-3-8(10)6(2)4-7(5)9;2*1-5-3-7(9)6(2)8(10)4-5;1-5-3-4-6(2)8(10)7(5)9;2*1-6-3-4-7(2)8(9)5-6;1-7-3-5-8(2)6-4-7/h4*3-4H,1-2H3;2*3-5H,1-2H3;3-6H,1-2H3. The Morgan fingerprint density at radius 1 is 0.197 bits per heavy atom. The highest BCUT2D eigenvalue weighted by Gasteiger charge is 2.03. The molecule has 0 atom stereocenters. The monoisotopic (exact) mass is 1080 g/mol. The second kappa shape index (κ2) is 30.8. The van der Waals surface area contributed by atoms with Crippen LogP contribution in [0.3, 0.4) is 0 Å². The van der Waals surface area contributed by atoms with Crippen molar-refractivity contribution in [2.45, 2.75) is 96.9 Å². The number of rotatable bonds is 0. The highest BCUT2D eigenvalue weighted by Crippen LogP contribution is 2.29. The first-order chi connectivity index (χ1) is 30.6. The van der Waals surface area contributed by atoms with Crippen LogP contribution >= 0.6 is 116 Å². The van der Waals surface area contributed by atoms with Crippen molar-refractivity contribution in [3.8, 4) is 0 Å². The fraction of sp³-hybridized carbons (Fsp3) is 0.250. The van der Waals surface area contributed by atoms with Crippen molar-refractivity contribution in [2.24, 2.45) is 0 Å². The summed E-state index contributed by atoms with van der Waals surface area (Å²) >= 11 is 58.3. The largest absolute Gasteiger partial charge is 0.0840 e. The van der Waals surface area contributed by atoms with E-state index in [0.29, 0.717) is 10.0 Å². The van der Waals surface area contributed by atoms with Crippen molar-refractivity contribution in [3.05, 3.63) is 237 Å². The van der Waals surface area contributed by atoms with E-state index in [0.717, 1.165) is 95.8 Å².